The third kappa shape index (κ3) is 4.54. The van der Waals surface area contributed by atoms with Gasteiger partial charge in [0.1, 0.15) is 0 Å². The first kappa shape index (κ1) is 17.6. The SMILES string of the molecule is COC1CCC(NS(=O)(=O)c2ccc(N)cc2)[N-]N1.[Ag+]. The largest absolute Gasteiger partial charge is 1.00 e. The van der Waals surface area contributed by atoms with Crippen molar-refractivity contribution in [1.82, 2.24) is 10.1 Å². The van der Waals surface area contributed by atoms with Gasteiger partial charge in [-0.15, -0.1) is 0 Å². The minimum atomic E-state index is -3.58. The zero-order valence-corrected chi connectivity index (χ0v) is 13.1. The van der Waals surface area contributed by atoms with Gasteiger partial charge in [0.2, 0.25) is 10.0 Å². The van der Waals surface area contributed by atoms with E-state index in [2.05, 4.69) is 15.6 Å². The summed E-state index contributed by atoms with van der Waals surface area (Å²) in [5.41, 5.74) is 12.8. The molecule has 116 valence electrons. The first-order valence-corrected chi connectivity index (χ1v) is 7.35. The predicted molar refractivity (Wildman–Crippen MR) is 71.5 cm³/mol. The Morgan fingerprint density at radius 3 is 2.50 bits per heavy atom. The second-order valence-electron chi connectivity index (χ2n) is 4.27. The van der Waals surface area contributed by atoms with Crippen molar-refractivity contribution in [3.05, 3.63) is 29.7 Å². The van der Waals surface area contributed by atoms with Gasteiger partial charge in [0.05, 0.1) is 11.1 Å². The minimum absolute atomic E-state index is 0. The van der Waals surface area contributed by atoms with Crippen molar-refractivity contribution in [2.24, 2.45) is 0 Å². The fourth-order valence-electron chi connectivity index (χ4n) is 1.76. The maximum Gasteiger partial charge on any atom is 1.00 e. The van der Waals surface area contributed by atoms with E-state index < -0.39 is 16.2 Å². The Hall–Kier alpha value is -0.450. The van der Waals surface area contributed by atoms with Crippen LogP contribution in [0.4, 0.5) is 5.69 Å². The fourth-order valence-corrected chi connectivity index (χ4v) is 2.92. The van der Waals surface area contributed by atoms with E-state index in [1.54, 1.807) is 19.2 Å². The first-order valence-electron chi connectivity index (χ1n) is 5.87. The summed E-state index contributed by atoms with van der Waals surface area (Å²) in [5, 5.41) is 0. The molecule has 4 N–H and O–H groups in total. The van der Waals surface area contributed by atoms with E-state index in [0.717, 1.165) is 0 Å². The molecule has 1 aliphatic rings. The summed E-state index contributed by atoms with van der Waals surface area (Å²) in [4.78, 5) is 0.172. The number of nitrogens with one attached hydrogen (secondary N) is 2. The molecule has 2 atom stereocenters. The molecule has 0 radical (unpaired) electrons. The van der Waals surface area contributed by atoms with E-state index in [-0.39, 0.29) is 33.5 Å². The average Bonchev–Trinajstić information content (AvgIpc) is 2.40. The molecule has 0 spiro atoms. The number of nitrogens with zero attached hydrogens (tertiary/aromatic N) is 1. The molecular formula is C11H17AgN4O3S. The average molecular weight is 393 g/mol. The molecule has 0 aliphatic carbocycles. The molecule has 1 heterocycles. The Balaban J connectivity index is 0.00000200. The van der Waals surface area contributed by atoms with Crippen LogP contribution in [-0.4, -0.2) is 27.9 Å². The van der Waals surface area contributed by atoms with Gasteiger partial charge in [-0.05, 0) is 30.7 Å². The Kier molecular flexibility index (Phi) is 6.62. The van der Waals surface area contributed by atoms with E-state index >= 15 is 0 Å². The Morgan fingerprint density at radius 1 is 1.35 bits per heavy atom. The number of rotatable bonds is 4. The summed E-state index contributed by atoms with van der Waals surface area (Å²) in [6, 6.07) is 6.02. The maximum atomic E-state index is 12.1. The third-order valence-corrected chi connectivity index (χ3v) is 4.32. The predicted octanol–water partition coefficient (Wildman–Crippen LogP) is 0.515. The van der Waals surface area contributed by atoms with Gasteiger partial charge in [-0.1, -0.05) is 12.6 Å². The summed E-state index contributed by atoms with van der Waals surface area (Å²) in [6.07, 6.45) is 0.625. The van der Waals surface area contributed by atoms with Gasteiger partial charge < -0.3 is 21.3 Å². The summed E-state index contributed by atoms with van der Waals surface area (Å²) < 4.78 is 31.8. The third-order valence-electron chi connectivity index (χ3n) is 2.84. The Bertz CT molecular complexity index is 515. The number of ether oxygens (including phenoxy) is 1. The van der Waals surface area contributed by atoms with Crippen molar-refractivity contribution in [1.29, 1.82) is 0 Å². The smallest absolute Gasteiger partial charge is 0.579 e. The van der Waals surface area contributed by atoms with Gasteiger partial charge in [0.25, 0.3) is 0 Å². The molecule has 1 fully saturated rings. The zero-order valence-electron chi connectivity index (χ0n) is 10.8. The molecule has 20 heavy (non-hydrogen) atoms. The van der Waals surface area contributed by atoms with E-state index in [9.17, 15) is 8.42 Å². The molecule has 2 unspecified atom stereocenters. The summed E-state index contributed by atoms with van der Waals surface area (Å²) in [5.74, 6) is 0. The van der Waals surface area contributed by atoms with Crippen molar-refractivity contribution in [2.75, 3.05) is 12.8 Å². The van der Waals surface area contributed by atoms with E-state index in [4.69, 9.17) is 10.5 Å². The summed E-state index contributed by atoms with van der Waals surface area (Å²) in [7, 11) is -2.01. The van der Waals surface area contributed by atoms with Gasteiger partial charge in [-0.25, -0.2) is 13.1 Å². The fraction of sp³-hybridized carbons (Fsp3) is 0.455. The second kappa shape index (κ2) is 7.53. The standard InChI is InChI=1S/C11H17N4O3S.Ag/c1-18-11-7-6-10(13-14-11)15-19(16,17)9-4-2-8(12)3-5-9;/h2-5,10-11,14-15H,6-7,12H2,1H3;/q-1;+1. The number of sulfonamides is 1. The van der Waals surface area contributed by atoms with Crippen molar-refractivity contribution in [3.63, 3.8) is 0 Å². The molecule has 2 rings (SSSR count). The molecule has 1 aromatic rings. The van der Waals surface area contributed by atoms with E-state index in [0.29, 0.717) is 18.5 Å². The van der Waals surface area contributed by atoms with Crippen LogP contribution < -0.4 is 15.9 Å². The topological polar surface area (TPSA) is 108 Å². The number of benzene rings is 1. The van der Waals surface area contributed by atoms with Gasteiger partial charge in [0, 0.05) is 12.8 Å². The molecule has 1 saturated heterocycles. The monoisotopic (exact) mass is 392 g/mol. The normalized spacial score (nSPS) is 23.1. The first-order chi connectivity index (χ1) is 9.01. The van der Waals surface area contributed by atoms with Gasteiger partial charge in [-0.2, -0.15) is 0 Å². The maximum absolute atomic E-state index is 12.1. The number of nitrogen functional groups attached to an aromatic ring is 1. The Labute approximate surface area is 134 Å². The van der Waals surface area contributed by atoms with Crippen LogP contribution in [0.25, 0.3) is 5.43 Å². The number of hydrogen-bond acceptors (Lipinski definition) is 5. The van der Waals surface area contributed by atoms with Crippen LogP contribution in [0.3, 0.4) is 0 Å². The van der Waals surface area contributed by atoms with Crippen LogP contribution in [0.2, 0.25) is 0 Å². The Morgan fingerprint density at radius 2 is 2.00 bits per heavy atom. The van der Waals surface area contributed by atoms with Crippen LogP contribution in [0.5, 0.6) is 0 Å². The van der Waals surface area contributed by atoms with Crippen LogP contribution in [-0.2, 0) is 37.1 Å². The quantitative estimate of drug-likeness (QED) is 0.511. The van der Waals surface area contributed by atoms with Crippen molar-refractivity contribution in [2.45, 2.75) is 30.1 Å². The van der Waals surface area contributed by atoms with Crippen LogP contribution >= 0.6 is 0 Å². The molecule has 1 aromatic carbocycles. The number of hydrogen-bond donors (Lipinski definition) is 3. The number of anilines is 1. The van der Waals surface area contributed by atoms with Crippen molar-refractivity contribution >= 4 is 15.7 Å². The van der Waals surface area contributed by atoms with Gasteiger partial charge >= 0.3 is 22.4 Å². The summed E-state index contributed by atoms with van der Waals surface area (Å²) in [6.45, 7) is 0. The summed E-state index contributed by atoms with van der Waals surface area (Å²) >= 11 is 0. The molecule has 0 bridgehead atoms. The molecule has 0 amide bonds. The molecular weight excluding hydrogens is 376 g/mol. The van der Waals surface area contributed by atoms with Gasteiger partial charge in [0.15, 0.2) is 0 Å². The number of methoxy groups -OCH3 is 1. The number of nitrogens with two attached hydrogens (primary N) is 1. The minimum Gasteiger partial charge on any atom is -0.579 e. The molecule has 0 saturated carbocycles. The molecule has 0 aromatic heterocycles. The second-order valence-corrected chi connectivity index (χ2v) is 5.98. The van der Waals surface area contributed by atoms with E-state index in [1.807, 2.05) is 0 Å². The molecule has 1 aliphatic heterocycles. The molecule has 7 nitrogen and oxygen atoms in total. The van der Waals surface area contributed by atoms with Gasteiger partial charge in [-0.3, -0.25) is 0 Å². The van der Waals surface area contributed by atoms with Crippen LogP contribution in [0, 0.1) is 0 Å². The van der Waals surface area contributed by atoms with Crippen LogP contribution in [0.15, 0.2) is 29.2 Å². The zero-order chi connectivity index (χ0) is 13.9. The van der Waals surface area contributed by atoms with E-state index in [1.165, 1.54) is 12.1 Å². The molecule has 9 heteroatoms. The van der Waals surface area contributed by atoms with Crippen molar-refractivity contribution < 1.29 is 35.5 Å². The van der Waals surface area contributed by atoms with Crippen molar-refractivity contribution in [3.8, 4) is 0 Å². The van der Waals surface area contributed by atoms with Crippen LogP contribution in [0.1, 0.15) is 12.8 Å².